The molecule has 2 saturated heterocycles. The van der Waals surface area contributed by atoms with Gasteiger partial charge in [-0.25, -0.2) is 0 Å². The van der Waals surface area contributed by atoms with Crippen LogP contribution in [0.25, 0.3) is 0 Å². The van der Waals surface area contributed by atoms with Crippen molar-refractivity contribution in [3.8, 4) is 0 Å². The zero-order chi connectivity index (χ0) is 6.32. The Balaban J connectivity index is 1.65. The van der Waals surface area contributed by atoms with E-state index in [0.29, 0.717) is 0 Å². The molecule has 0 amide bonds. The maximum absolute atomic E-state index is 2.39. The van der Waals surface area contributed by atoms with Crippen LogP contribution in [0.2, 0.25) is 0 Å². The molecule has 2 heterocycles. The van der Waals surface area contributed by atoms with E-state index in [1.807, 2.05) is 0 Å². The molecule has 0 spiro atoms. The van der Waals surface area contributed by atoms with Crippen LogP contribution in [-0.4, -0.2) is 21.5 Å². The first-order chi connectivity index (χ1) is 4.29. The van der Waals surface area contributed by atoms with Crippen molar-refractivity contribution in [1.29, 1.82) is 0 Å². The van der Waals surface area contributed by atoms with Crippen molar-refractivity contribution in [3.63, 3.8) is 0 Å². The maximum Gasteiger partial charge on any atom is 0.0223 e. The molecule has 2 aliphatic heterocycles. The normalized spacial score (nSPS) is 47.0. The molecule has 2 unspecified atom stereocenters. The van der Waals surface area contributed by atoms with Crippen molar-refractivity contribution in [2.75, 3.05) is 11.5 Å². The Bertz CT molecular complexity index is 114. The van der Waals surface area contributed by atoms with E-state index in [-0.39, 0.29) is 0 Å². The molecule has 2 fully saturated rings. The summed E-state index contributed by atoms with van der Waals surface area (Å²) in [5.74, 6) is 2.87. The fourth-order valence-electron chi connectivity index (χ4n) is 0.969. The Morgan fingerprint density at radius 2 is 2.33 bits per heavy atom. The van der Waals surface area contributed by atoms with Crippen LogP contribution in [0.5, 0.6) is 0 Å². The second-order valence-electron chi connectivity index (χ2n) is 3.23. The van der Waals surface area contributed by atoms with Crippen LogP contribution in [0, 0.1) is 0 Å². The summed E-state index contributed by atoms with van der Waals surface area (Å²) in [6, 6.07) is 0. The van der Waals surface area contributed by atoms with Gasteiger partial charge in [0.05, 0.1) is 0 Å². The van der Waals surface area contributed by atoms with Gasteiger partial charge in [0.2, 0.25) is 0 Å². The molecular formula is C7H12S2. The van der Waals surface area contributed by atoms with Gasteiger partial charge in [-0.15, -0.1) is 0 Å². The molecule has 2 aliphatic rings. The van der Waals surface area contributed by atoms with Crippen LogP contribution in [0.15, 0.2) is 0 Å². The number of thioether (sulfide) groups is 2. The van der Waals surface area contributed by atoms with E-state index in [9.17, 15) is 0 Å². The van der Waals surface area contributed by atoms with Crippen molar-refractivity contribution in [2.45, 2.75) is 29.8 Å². The van der Waals surface area contributed by atoms with E-state index in [1.165, 1.54) is 24.3 Å². The third-order valence-corrected chi connectivity index (χ3v) is 4.55. The summed E-state index contributed by atoms with van der Waals surface area (Å²) < 4.78 is 0.725. The molecule has 2 atom stereocenters. The zero-order valence-corrected chi connectivity index (χ0v) is 7.36. The Hall–Kier alpha value is 0.700. The Morgan fingerprint density at radius 3 is 2.78 bits per heavy atom. The van der Waals surface area contributed by atoms with Gasteiger partial charge < -0.3 is 0 Å². The van der Waals surface area contributed by atoms with Gasteiger partial charge in [-0.2, -0.15) is 23.5 Å². The van der Waals surface area contributed by atoms with Crippen molar-refractivity contribution >= 4 is 23.5 Å². The molecular weight excluding hydrogens is 148 g/mol. The van der Waals surface area contributed by atoms with Crippen molar-refractivity contribution < 1.29 is 0 Å². The summed E-state index contributed by atoms with van der Waals surface area (Å²) in [5, 5.41) is 1.06. The topological polar surface area (TPSA) is 0 Å². The Kier molecular flexibility index (Phi) is 1.49. The average Bonchev–Trinajstić information content (AvgIpc) is 2.58. The maximum atomic E-state index is 2.39. The van der Waals surface area contributed by atoms with E-state index in [1.54, 1.807) is 0 Å². The van der Waals surface area contributed by atoms with Crippen LogP contribution in [0.3, 0.4) is 0 Å². The lowest BCUT2D eigenvalue weighted by molar-refractivity contribution is 0.666. The third kappa shape index (κ3) is 1.81. The molecule has 2 rings (SSSR count). The minimum absolute atomic E-state index is 0.725. The summed E-state index contributed by atoms with van der Waals surface area (Å²) in [6.07, 6.45) is 2.95. The van der Waals surface area contributed by atoms with E-state index in [0.717, 1.165) is 10.00 Å². The SMILES string of the molecule is CC1(CCC2CS2)CS1. The minimum Gasteiger partial charge on any atom is -0.157 e. The predicted molar refractivity (Wildman–Crippen MR) is 46.3 cm³/mol. The van der Waals surface area contributed by atoms with Crippen LogP contribution in [0.4, 0.5) is 0 Å². The Labute approximate surface area is 65.2 Å². The molecule has 0 radical (unpaired) electrons. The van der Waals surface area contributed by atoms with Gasteiger partial charge >= 0.3 is 0 Å². The van der Waals surface area contributed by atoms with Crippen molar-refractivity contribution in [3.05, 3.63) is 0 Å². The molecule has 0 aromatic rings. The smallest absolute Gasteiger partial charge is 0.0223 e. The highest BCUT2D eigenvalue weighted by molar-refractivity contribution is 8.08. The van der Waals surface area contributed by atoms with Gasteiger partial charge in [0.25, 0.3) is 0 Å². The first kappa shape index (κ1) is 6.41. The van der Waals surface area contributed by atoms with Crippen LogP contribution in [-0.2, 0) is 0 Å². The number of rotatable bonds is 3. The number of hydrogen-bond donors (Lipinski definition) is 0. The second kappa shape index (κ2) is 2.09. The van der Waals surface area contributed by atoms with Crippen LogP contribution < -0.4 is 0 Å². The van der Waals surface area contributed by atoms with E-state index >= 15 is 0 Å². The molecule has 9 heavy (non-hydrogen) atoms. The van der Waals surface area contributed by atoms with Crippen molar-refractivity contribution in [1.82, 2.24) is 0 Å². The monoisotopic (exact) mass is 160 g/mol. The fraction of sp³-hybridized carbons (Fsp3) is 1.00. The second-order valence-corrected chi connectivity index (χ2v) is 6.13. The van der Waals surface area contributed by atoms with Gasteiger partial charge in [0.1, 0.15) is 0 Å². The van der Waals surface area contributed by atoms with E-state index < -0.39 is 0 Å². The average molecular weight is 160 g/mol. The molecule has 2 heteroatoms. The van der Waals surface area contributed by atoms with Gasteiger partial charge in [-0.1, -0.05) is 0 Å². The van der Waals surface area contributed by atoms with Gasteiger partial charge in [0, 0.05) is 21.5 Å². The lowest BCUT2D eigenvalue weighted by Crippen LogP contribution is -2.02. The van der Waals surface area contributed by atoms with Gasteiger partial charge in [-0.3, -0.25) is 0 Å². The molecule has 0 aliphatic carbocycles. The Morgan fingerprint density at radius 1 is 1.67 bits per heavy atom. The van der Waals surface area contributed by atoms with E-state index in [2.05, 4.69) is 30.4 Å². The van der Waals surface area contributed by atoms with Gasteiger partial charge in [-0.05, 0) is 19.8 Å². The van der Waals surface area contributed by atoms with Crippen LogP contribution >= 0.6 is 23.5 Å². The molecule has 0 aromatic heterocycles. The van der Waals surface area contributed by atoms with Gasteiger partial charge in [0.15, 0.2) is 0 Å². The molecule has 0 aromatic carbocycles. The number of hydrogen-bond acceptors (Lipinski definition) is 2. The molecule has 0 nitrogen and oxygen atoms in total. The highest BCUT2D eigenvalue weighted by atomic mass is 32.2. The standard InChI is InChI=1S/C7H12S2/c1-7(5-9-7)3-2-6-4-8-6/h6H,2-5H2,1H3. The van der Waals surface area contributed by atoms with Crippen molar-refractivity contribution in [2.24, 2.45) is 0 Å². The zero-order valence-electron chi connectivity index (χ0n) is 5.72. The summed E-state index contributed by atoms with van der Waals surface area (Å²) in [4.78, 5) is 0. The quantitative estimate of drug-likeness (QED) is 0.581. The lowest BCUT2D eigenvalue weighted by Gasteiger charge is -2.02. The molecule has 52 valence electrons. The largest absolute Gasteiger partial charge is 0.157 e. The highest BCUT2D eigenvalue weighted by Gasteiger charge is 2.39. The molecule has 0 bridgehead atoms. The van der Waals surface area contributed by atoms with Crippen LogP contribution in [0.1, 0.15) is 19.8 Å². The molecule has 0 saturated carbocycles. The first-order valence-electron chi connectivity index (χ1n) is 3.54. The summed E-state index contributed by atoms with van der Waals surface area (Å²) in [7, 11) is 0. The summed E-state index contributed by atoms with van der Waals surface area (Å²) in [5.41, 5.74) is 0. The minimum atomic E-state index is 0.725. The first-order valence-corrected chi connectivity index (χ1v) is 5.58. The van der Waals surface area contributed by atoms with E-state index in [4.69, 9.17) is 0 Å². The molecule has 0 N–H and O–H groups in total. The third-order valence-electron chi connectivity index (χ3n) is 2.03. The lowest BCUT2D eigenvalue weighted by atomic mass is 10.1. The fourth-order valence-corrected chi connectivity index (χ4v) is 2.21. The highest BCUT2D eigenvalue weighted by Crippen LogP contribution is 2.49. The summed E-state index contributed by atoms with van der Waals surface area (Å²) in [6.45, 7) is 2.39. The summed E-state index contributed by atoms with van der Waals surface area (Å²) >= 11 is 4.26. The predicted octanol–water partition coefficient (Wildman–Crippen LogP) is 2.39.